The standard InChI is InChI=1S/C29H34ClFN4O3S/c1-19-11-12-34(14-19)25(36)24-27(2,3)33-26(32-24)28-16-29(17-28,18-28)35(15-20-9-10-22(30)23(31)13-20)39(37,38)21-7-5-4-6-8-21/h4-10,13,19,24H,11-12,14-18H2,1-3H3,(H,32,33)/t19-,24+,28?,29?/m1/s1. The second-order valence-corrected chi connectivity index (χ2v) is 14.7. The van der Waals surface area contributed by atoms with E-state index in [1.165, 1.54) is 16.4 Å². The number of carbonyl (C=O) groups is 1. The van der Waals surface area contributed by atoms with Gasteiger partial charge in [0, 0.05) is 30.6 Å². The van der Waals surface area contributed by atoms with Crippen molar-refractivity contribution in [1.29, 1.82) is 0 Å². The van der Waals surface area contributed by atoms with Gasteiger partial charge in [-0.25, -0.2) is 12.8 Å². The van der Waals surface area contributed by atoms with E-state index in [1.807, 2.05) is 18.7 Å². The van der Waals surface area contributed by atoms with Crippen LogP contribution in [0.5, 0.6) is 0 Å². The molecule has 1 N–H and O–H groups in total. The lowest BCUT2D eigenvalue weighted by Crippen LogP contribution is -2.78. The molecule has 2 aromatic rings. The summed E-state index contributed by atoms with van der Waals surface area (Å²) in [6.07, 6.45) is 2.82. The first-order chi connectivity index (χ1) is 18.4. The maximum atomic E-state index is 14.3. The molecule has 0 radical (unpaired) electrons. The molecule has 0 spiro atoms. The summed E-state index contributed by atoms with van der Waals surface area (Å²) < 4.78 is 43.6. The molecule has 7 rings (SSSR count). The molecule has 0 unspecified atom stereocenters. The molecule has 208 valence electrons. The lowest BCUT2D eigenvalue weighted by molar-refractivity contribution is -0.151. The number of halogens is 2. The van der Waals surface area contributed by atoms with Crippen molar-refractivity contribution in [3.63, 3.8) is 0 Å². The van der Waals surface area contributed by atoms with Crippen LogP contribution in [0, 0.1) is 17.2 Å². The van der Waals surface area contributed by atoms with Crippen LogP contribution in [0.1, 0.15) is 52.0 Å². The van der Waals surface area contributed by atoms with Crippen molar-refractivity contribution in [2.75, 3.05) is 13.1 Å². The highest BCUT2D eigenvalue weighted by molar-refractivity contribution is 7.89. The molecule has 10 heteroatoms. The van der Waals surface area contributed by atoms with Crippen LogP contribution in [0.25, 0.3) is 0 Å². The third kappa shape index (κ3) is 4.28. The number of benzene rings is 2. The number of amidine groups is 1. The summed E-state index contributed by atoms with van der Waals surface area (Å²) in [5.74, 6) is 0.829. The van der Waals surface area contributed by atoms with E-state index in [0.717, 1.165) is 25.3 Å². The Balaban J connectivity index is 1.24. The van der Waals surface area contributed by atoms with Gasteiger partial charge in [-0.2, -0.15) is 4.31 Å². The van der Waals surface area contributed by atoms with Gasteiger partial charge in [0.15, 0.2) is 0 Å². The lowest BCUT2D eigenvalue weighted by Gasteiger charge is -2.72. The number of rotatable bonds is 7. The first kappa shape index (κ1) is 26.7. The molecule has 1 amide bonds. The summed E-state index contributed by atoms with van der Waals surface area (Å²) in [5.41, 5.74) is -0.915. The first-order valence-electron chi connectivity index (χ1n) is 13.5. The number of amides is 1. The highest BCUT2D eigenvalue weighted by Gasteiger charge is 2.75. The molecule has 2 atom stereocenters. The van der Waals surface area contributed by atoms with Crippen molar-refractivity contribution in [2.24, 2.45) is 16.3 Å². The van der Waals surface area contributed by atoms with Gasteiger partial charge in [0.2, 0.25) is 15.9 Å². The number of likely N-dealkylation sites (tertiary alicyclic amines) is 1. The molecule has 4 fully saturated rings. The number of nitrogens with zero attached hydrogens (tertiary/aromatic N) is 3. The fourth-order valence-electron chi connectivity index (χ4n) is 6.93. The van der Waals surface area contributed by atoms with Crippen molar-refractivity contribution in [3.05, 3.63) is 64.9 Å². The minimum atomic E-state index is -3.86. The molecule has 2 heterocycles. The summed E-state index contributed by atoms with van der Waals surface area (Å²) in [6, 6.07) is 12.4. The maximum absolute atomic E-state index is 14.3. The lowest BCUT2D eigenvalue weighted by atomic mass is 9.38. The predicted molar refractivity (Wildman–Crippen MR) is 148 cm³/mol. The predicted octanol–water partition coefficient (Wildman–Crippen LogP) is 4.61. The Morgan fingerprint density at radius 3 is 2.49 bits per heavy atom. The molecule has 7 nitrogen and oxygen atoms in total. The molecular weight excluding hydrogens is 539 g/mol. The van der Waals surface area contributed by atoms with Crippen LogP contribution in [0.3, 0.4) is 0 Å². The van der Waals surface area contributed by atoms with Crippen molar-refractivity contribution in [2.45, 2.75) is 75.0 Å². The Morgan fingerprint density at radius 1 is 1.18 bits per heavy atom. The fraction of sp³-hybridized carbons (Fsp3) is 0.517. The Hall–Kier alpha value is -2.49. The molecule has 2 bridgehead atoms. The molecule has 2 aromatic carbocycles. The number of aliphatic imine (C=N–C) groups is 1. The van der Waals surface area contributed by atoms with Crippen molar-refractivity contribution >= 4 is 33.4 Å². The average Bonchev–Trinajstić information content (AvgIpc) is 3.41. The second-order valence-electron chi connectivity index (χ2n) is 12.5. The summed E-state index contributed by atoms with van der Waals surface area (Å²) in [4.78, 5) is 20.5. The minimum Gasteiger partial charge on any atom is -0.360 e. The summed E-state index contributed by atoms with van der Waals surface area (Å²) in [5, 5.41) is 3.47. The highest BCUT2D eigenvalue weighted by Crippen LogP contribution is 2.71. The summed E-state index contributed by atoms with van der Waals surface area (Å²) in [7, 11) is -3.86. The van der Waals surface area contributed by atoms with Crippen LogP contribution < -0.4 is 5.32 Å². The summed E-state index contributed by atoms with van der Waals surface area (Å²) in [6.45, 7) is 7.72. The van der Waals surface area contributed by atoms with E-state index in [9.17, 15) is 17.6 Å². The largest absolute Gasteiger partial charge is 0.360 e. The van der Waals surface area contributed by atoms with Gasteiger partial charge >= 0.3 is 0 Å². The van der Waals surface area contributed by atoms with E-state index in [2.05, 4.69) is 12.2 Å². The van der Waals surface area contributed by atoms with Crippen LogP contribution in [-0.4, -0.2) is 59.6 Å². The Labute approximate surface area is 234 Å². The number of hydrogen-bond acceptors (Lipinski definition) is 5. The zero-order valence-corrected chi connectivity index (χ0v) is 24.0. The molecule has 1 saturated heterocycles. The van der Waals surface area contributed by atoms with Gasteiger partial charge < -0.3 is 10.2 Å². The van der Waals surface area contributed by atoms with E-state index in [4.69, 9.17) is 16.6 Å². The molecule has 5 aliphatic rings. The highest BCUT2D eigenvalue weighted by atomic mass is 35.5. The summed E-state index contributed by atoms with van der Waals surface area (Å²) >= 11 is 5.88. The third-order valence-electron chi connectivity index (χ3n) is 9.05. The van der Waals surface area contributed by atoms with Gasteiger partial charge in [0.25, 0.3) is 0 Å². The topological polar surface area (TPSA) is 82.1 Å². The zero-order valence-electron chi connectivity index (χ0n) is 22.5. The smallest absolute Gasteiger partial charge is 0.247 e. The van der Waals surface area contributed by atoms with Crippen LogP contribution >= 0.6 is 11.6 Å². The van der Waals surface area contributed by atoms with Gasteiger partial charge in [-0.1, -0.05) is 42.8 Å². The SMILES string of the molecule is C[C@@H]1CCN(C(=O)[C@@H]2NC(C34CC(N(Cc5ccc(Cl)c(F)c5)S(=O)(=O)c5ccccc5)(C3)C4)=NC2(C)C)C1. The molecular formula is C29H34ClFN4O3S. The number of carbonyl (C=O) groups excluding carboxylic acids is 1. The van der Waals surface area contributed by atoms with Crippen LogP contribution in [0.15, 0.2) is 58.4 Å². The van der Waals surface area contributed by atoms with Gasteiger partial charge in [0.05, 0.1) is 15.5 Å². The molecule has 2 aliphatic heterocycles. The van der Waals surface area contributed by atoms with Crippen LogP contribution in [-0.2, 0) is 21.4 Å². The van der Waals surface area contributed by atoms with E-state index < -0.39 is 33.0 Å². The second kappa shape index (κ2) is 9.01. The molecule has 0 aromatic heterocycles. The van der Waals surface area contributed by atoms with Gasteiger partial charge in [-0.15, -0.1) is 0 Å². The number of hydrogen-bond donors (Lipinski definition) is 1. The number of sulfonamides is 1. The van der Waals surface area contributed by atoms with Gasteiger partial charge in [0.1, 0.15) is 17.7 Å². The van der Waals surface area contributed by atoms with E-state index in [0.29, 0.717) is 30.7 Å². The van der Waals surface area contributed by atoms with Crippen molar-refractivity contribution < 1.29 is 17.6 Å². The molecule has 39 heavy (non-hydrogen) atoms. The van der Waals surface area contributed by atoms with E-state index in [1.54, 1.807) is 36.4 Å². The van der Waals surface area contributed by atoms with Gasteiger partial charge in [-0.3, -0.25) is 9.79 Å². The normalized spacial score (nSPS) is 30.9. The fourth-order valence-corrected chi connectivity index (χ4v) is 8.83. The Morgan fingerprint density at radius 2 is 1.87 bits per heavy atom. The minimum absolute atomic E-state index is 0.00103. The van der Waals surface area contributed by atoms with Crippen molar-refractivity contribution in [1.82, 2.24) is 14.5 Å². The number of nitrogens with one attached hydrogen (secondary N) is 1. The third-order valence-corrected chi connectivity index (χ3v) is 11.3. The first-order valence-corrected chi connectivity index (χ1v) is 15.3. The van der Waals surface area contributed by atoms with Crippen LogP contribution in [0.4, 0.5) is 4.39 Å². The molecule has 3 saturated carbocycles. The van der Waals surface area contributed by atoms with Crippen LogP contribution in [0.2, 0.25) is 5.02 Å². The van der Waals surface area contributed by atoms with Gasteiger partial charge in [-0.05, 0) is 75.3 Å². The maximum Gasteiger partial charge on any atom is 0.247 e. The zero-order chi connectivity index (χ0) is 27.8. The monoisotopic (exact) mass is 572 g/mol. The van der Waals surface area contributed by atoms with E-state index >= 15 is 0 Å². The van der Waals surface area contributed by atoms with E-state index in [-0.39, 0.29) is 27.8 Å². The Kier molecular flexibility index (Phi) is 6.17. The average molecular weight is 573 g/mol. The Bertz CT molecular complexity index is 1440. The van der Waals surface area contributed by atoms with Crippen molar-refractivity contribution in [3.8, 4) is 0 Å². The quantitative estimate of drug-likeness (QED) is 0.525. The molecule has 3 aliphatic carbocycles.